The fraction of sp³-hybridized carbons (Fsp3) is 0.316. The van der Waals surface area contributed by atoms with E-state index in [0.29, 0.717) is 30.3 Å². The predicted octanol–water partition coefficient (Wildman–Crippen LogP) is 4.21. The lowest BCUT2D eigenvalue weighted by Crippen LogP contribution is -2.37. The van der Waals surface area contributed by atoms with Crippen LogP contribution < -0.4 is 14.8 Å². The van der Waals surface area contributed by atoms with Gasteiger partial charge in [-0.2, -0.15) is 0 Å². The molecule has 2 aromatic rings. The molecule has 0 unspecified atom stereocenters. The Bertz CT molecular complexity index is 675. The molecular weight excluding hydrogens is 326 g/mol. The van der Waals surface area contributed by atoms with Crippen LogP contribution in [0.4, 0.5) is 0 Å². The summed E-state index contributed by atoms with van der Waals surface area (Å²) in [5.74, 6) is 1.20. The smallest absolute Gasteiger partial charge is 0.261 e. The van der Waals surface area contributed by atoms with Crippen molar-refractivity contribution in [1.82, 2.24) is 5.32 Å². The van der Waals surface area contributed by atoms with Crippen molar-refractivity contribution >= 4 is 17.5 Å². The maximum absolute atomic E-state index is 12.4. The Morgan fingerprint density at radius 3 is 2.67 bits per heavy atom. The average Bonchev–Trinajstić information content (AvgIpc) is 2.59. The van der Waals surface area contributed by atoms with Gasteiger partial charge in [0.2, 0.25) is 0 Å². The number of ether oxygens (including phenoxy) is 2. The summed E-state index contributed by atoms with van der Waals surface area (Å²) in [5.41, 5.74) is 0.935. The second-order valence-electron chi connectivity index (χ2n) is 5.23. The van der Waals surface area contributed by atoms with E-state index in [1.165, 1.54) is 0 Å². The maximum atomic E-state index is 12.4. The van der Waals surface area contributed by atoms with Gasteiger partial charge in [-0.05, 0) is 37.6 Å². The van der Waals surface area contributed by atoms with E-state index in [-0.39, 0.29) is 5.91 Å². The standard InChI is InChI=1S/C19H22ClNO3/c1-3-17(24-16-10-7-9-15(20)12-16)19(22)21-13-14-8-5-6-11-18(14)23-4-2/h5-12,17H,3-4,13H2,1-2H3,(H,21,22)/t17-/m1/s1. The molecule has 2 rings (SSSR count). The summed E-state index contributed by atoms with van der Waals surface area (Å²) in [7, 11) is 0. The van der Waals surface area contributed by atoms with E-state index in [1.54, 1.807) is 24.3 Å². The van der Waals surface area contributed by atoms with Crippen molar-refractivity contribution in [3.05, 3.63) is 59.1 Å². The highest BCUT2D eigenvalue weighted by Gasteiger charge is 2.18. The van der Waals surface area contributed by atoms with Crippen LogP contribution in [0.3, 0.4) is 0 Å². The fourth-order valence-electron chi connectivity index (χ4n) is 2.27. The van der Waals surface area contributed by atoms with Crippen LogP contribution in [0, 0.1) is 0 Å². The first kappa shape index (κ1) is 18.1. The van der Waals surface area contributed by atoms with Gasteiger partial charge >= 0.3 is 0 Å². The summed E-state index contributed by atoms with van der Waals surface area (Å²) in [4.78, 5) is 12.4. The molecule has 4 nitrogen and oxygen atoms in total. The second kappa shape index (κ2) is 9.18. The monoisotopic (exact) mass is 347 g/mol. The van der Waals surface area contributed by atoms with Crippen molar-refractivity contribution in [3.8, 4) is 11.5 Å². The van der Waals surface area contributed by atoms with Crippen molar-refractivity contribution < 1.29 is 14.3 Å². The third-order valence-corrected chi connectivity index (χ3v) is 3.70. The molecule has 1 N–H and O–H groups in total. The van der Waals surface area contributed by atoms with Crippen molar-refractivity contribution in [2.24, 2.45) is 0 Å². The Kier molecular flexibility index (Phi) is 6.94. The Morgan fingerprint density at radius 2 is 1.96 bits per heavy atom. The van der Waals surface area contributed by atoms with Crippen molar-refractivity contribution in [3.63, 3.8) is 0 Å². The van der Waals surface area contributed by atoms with Crippen molar-refractivity contribution in [1.29, 1.82) is 0 Å². The zero-order valence-electron chi connectivity index (χ0n) is 13.9. The quantitative estimate of drug-likeness (QED) is 0.778. The number of para-hydroxylation sites is 1. The van der Waals surface area contributed by atoms with E-state index in [0.717, 1.165) is 11.3 Å². The van der Waals surface area contributed by atoms with Gasteiger partial charge in [0.05, 0.1) is 6.61 Å². The average molecular weight is 348 g/mol. The molecule has 1 amide bonds. The van der Waals surface area contributed by atoms with Crippen LogP contribution >= 0.6 is 11.6 Å². The number of nitrogens with one attached hydrogen (secondary N) is 1. The summed E-state index contributed by atoms with van der Waals surface area (Å²) in [5, 5.41) is 3.48. The molecule has 5 heteroatoms. The lowest BCUT2D eigenvalue weighted by molar-refractivity contribution is -0.128. The first-order chi connectivity index (χ1) is 11.6. The zero-order valence-corrected chi connectivity index (χ0v) is 14.7. The summed E-state index contributed by atoms with van der Waals surface area (Å²) < 4.78 is 11.3. The number of rotatable bonds is 8. The van der Waals surface area contributed by atoms with Crippen molar-refractivity contribution in [2.75, 3.05) is 6.61 Å². The molecule has 0 saturated heterocycles. The summed E-state index contributed by atoms with van der Waals surface area (Å²) in [6.07, 6.45) is -0.00596. The summed E-state index contributed by atoms with van der Waals surface area (Å²) in [6, 6.07) is 14.7. The molecule has 0 radical (unpaired) electrons. The van der Waals surface area contributed by atoms with E-state index in [2.05, 4.69) is 5.32 Å². The number of benzene rings is 2. The van der Waals surface area contributed by atoms with E-state index < -0.39 is 6.10 Å². The highest BCUT2D eigenvalue weighted by atomic mass is 35.5. The van der Waals surface area contributed by atoms with Crippen LogP contribution in [0.5, 0.6) is 11.5 Å². The SMILES string of the molecule is CCOc1ccccc1CNC(=O)[C@@H](CC)Oc1cccc(Cl)c1. The molecule has 0 fully saturated rings. The van der Waals surface area contributed by atoms with Crippen LogP contribution in [0.1, 0.15) is 25.8 Å². The summed E-state index contributed by atoms with van der Waals surface area (Å²) >= 11 is 5.94. The van der Waals surface area contributed by atoms with E-state index in [9.17, 15) is 4.79 Å². The third kappa shape index (κ3) is 5.17. The summed E-state index contributed by atoms with van der Waals surface area (Å²) in [6.45, 7) is 4.81. The van der Waals surface area contributed by atoms with Gasteiger partial charge in [-0.25, -0.2) is 0 Å². The minimum Gasteiger partial charge on any atom is -0.494 e. The van der Waals surface area contributed by atoms with Gasteiger partial charge in [-0.15, -0.1) is 0 Å². The maximum Gasteiger partial charge on any atom is 0.261 e. The largest absolute Gasteiger partial charge is 0.494 e. The highest BCUT2D eigenvalue weighted by molar-refractivity contribution is 6.30. The molecule has 0 saturated carbocycles. The number of halogens is 1. The van der Waals surface area contributed by atoms with Crippen LogP contribution in [0.15, 0.2) is 48.5 Å². The van der Waals surface area contributed by atoms with Crippen molar-refractivity contribution in [2.45, 2.75) is 32.9 Å². The normalized spacial score (nSPS) is 11.6. The molecule has 0 aliphatic carbocycles. The zero-order chi connectivity index (χ0) is 17.4. The molecule has 0 bridgehead atoms. The minimum atomic E-state index is -0.567. The lowest BCUT2D eigenvalue weighted by Gasteiger charge is -2.18. The molecule has 0 heterocycles. The molecule has 1 atom stereocenters. The Balaban J connectivity index is 1.97. The molecule has 0 aliphatic heterocycles. The fourth-order valence-corrected chi connectivity index (χ4v) is 2.45. The van der Waals surface area contributed by atoms with Crippen LogP contribution in [0.25, 0.3) is 0 Å². The molecule has 2 aromatic carbocycles. The van der Waals surface area contributed by atoms with Gasteiger partial charge in [-0.1, -0.05) is 42.8 Å². The number of amides is 1. The molecule has 128 valence electrons. The van der Waals surface area contributed by atoms with E-state index in [1.807, 2.05) is 38.1 Å². The first-order valence-corrected chi connectivity index (χ1v) is 8.42. The molecular formula is C19H22ClNO3. The van der Waals surface area contributed by atoms with Gasteiger partial charge in [0, 0.05) is 17.1 Å². The van der Waals surface area contributed by atoms with Gasteiger partial charge in [0.1, 0.15) is 11.5 Å². The molecule has 0 aliphatic rings. The van der Waals surface area contributed by atoms with Crippen LogP contribution in [-0.4, -0.2) is 18.6 Å². The Hall–Kier alpha value is -2.20. The van der Waals surface area contributed by atoms with Gasteiger partial charge in [0.15, 0.2) is 6.10 Å². The van der Waals surface area contributed by atoms with Gasteiger partial charge < -0.3 is 14.8 Å². The highest BCUT2D eigenvalue weighted by Crippen LogP contribution is 2.20. The molecule has 0 spiro atoms. The second-order valence-corrected chi connectivity index (χ2v) is 5.67. The number of carbonyl (C=O) groups excluding carboxylic acids is 1. The first-order valence-electron chi connectivity index (χ1n) is 8.04. The topological polar surface area (TPSA) is 47.6 Å². The number of carbonyl (C=O) groups is 1. The number of hydrogen-bond acceptors (Lipinski definition) is 3. The van der Waals surface area contributed by atoms with E-state index in [4.69, 9.17) is 21.1 Å². The van der Waals surface area contributed by atoms with Gasteiger partial charge in [0.25, 0.3) is 5.91 Å². The van der Waals surface area contributed by atoms with Crippen LogP contribution in [0.2, 0.25) is 5.02 Å². The third-order valence-electron chi connectivity index (χ3n) is 3.46. The lowest BCUT2D eigenvalue weighted by atomic mass is 10.2. The minimum absolute atomic E-state index is 0.163. The molecule has 0 aromatic heterocycles. The number of hydrogen-bond donors (Lipinski definition) is 1. The Labute approximate surface area is 147 Å². The molecule has 24 heavy (non-hydrogen) atoms. The predicted molar refractivity (Wildman–Crippen MR) is 95.6 cm³/mol. The Morgan fingerprint density at radius 1 is 1.17 bits per heavy atom. The van der Waals surface area contributed by atoms with E-state index >= 15 is 0 Å². The van der Waals surface area contributed by atoms with Gasteiger partial charge in [-0.3, -0.25) is 4.79 Å². The van der Waals surface area contributed by atoms with Crippen LogP contribution in [-0.2, 0) is 11.3 Å².